The van der Waals surface area contributed by atoms with E-state index in [2.05, 4.69) is 9.98 Å². The minimum atomic E-state index is -0.578. The number of carbonyl (C=O) groups is 1. The third kappa shape index (κ3) is 3.56. The van der Waals surface area contributed by atoms with E-state index in [1.807, 2.05) is 48.5 Å². The number of nitrogens with zero attached hydrogens (tertiary/aromatic N) is 3. The van der Waals surface area contributed by atoms with E-state index < -0.39 is 12.0 Å². The largest absolute Gasteiger partial charge is 0.463 e. The normalized spacial score (nSPS) is 16.3. The predicted octanol–water partition coefficient (Wildman–Crippen LogP) is 2.19. The molecule has 0 N–H and O–H groups in total. The summed E-state index contributed by atoms with van der Waals surface area (Å²) < 4.78 is 7.42. The van der Waals surface area contributed by atoms with Crippen LogP contribution in [0, 0.1) is 0 Å². The van der Waals surface area contributed by atoms with Crippen molar-refractivity contribution in [2.24, 2.45) is 4.99 Å². The summed E-state index contributed by atoms with van der Waals surface area (Å²) in [6.45, 7) is 3.79. The summed E-state index contributed by atoms with van der Waals surface area (Å²) in [6, 6.07) is 12.6. The smallest absolute Gasteiger partial charge is 0.338 e. The summed E-state index contributed by atoms with van der Waals surface area (Å²) in [7, 11) is 0. The summed E-state index contributed by atoms with van der Waals surface area (Å²) in [5.41, 5.74) is 2.48. The Hall–Kier alpha value is -3.32. The molecule has 0 fully saturated rings. The molecule has 1 aliphatic heterocycles. The molecular weight excluding hydrogens is 386 g/mol. The number of aromatic nitrogens is 2. The topological polar surface area (TPSA) is 73.6 Å². The Kier molecular flexibility index (Phi) is 5.22. The molecule has 0 aliphatic carbocycles. The minimum absolute atomic E-state index is 0.186. The second-order valence-electron chi connectivity index (χ2n) is 6.49. The molecule has 29 heavy (non-hydrogen) atoms. The van der Waals surface area contributed by atoms with E-state index in [0.717, 1.165) is 11.1 Å². The Balaban J connectivity index is 1.96. The van der Waals surface area contributed by atoms with Crippen LogP contribution in [0.25, 0.3) is 6.08 Å². The van der Waals surface area contributed by atoms with Crippen molar-refractivity contribution >= 4 is 23.4 Å². The monoisotopic (exact) mass is 405 g/mol. The fourth-order valence-corrected chi connectivity index (χ4v) is 4.40. The molecule has 0 radical (unpaired) electrons. The van der Waals surface area contributed by atoms with Gasteiger partial charge in [0.2, 0.25) is 0 Å². The van der Waals surface area contributed by atoms with Crippen molar-refractivity contribution in [3.63, 3.8) is 0 Å². The van der Waals surface area contributed by atoms with Gasteiger partial charge in [-0.3, -0.25) is 14.3 Å². The summed E-state index contributed by atoms with van der Waals surface area (Å²) in [5, 5.41) is 0. The van der Waals surface area contributed by atoms with Gasteiger partial charge in [0.15, 0.2) is 4.80 Å². The van der Waals surface area contributed by atoms with Gasteiger partial charge in [-0.1, -0.05) is 41.7 Å². The maximum Gasteiger partial charge on any atom is 0.338 e. The van der Waals surface area contributed by atoms with Crippen LogP contribution in [0.1, 0.15) is 31.0 Å². The summed E-state index contributed by atoms with van der Waals surface area (Å²) >= 11 is 1.31. The van der Waals surface area contributed by atoms with Gasteiger partial charge in [0.1, 0.15) is 0 Å². The Bertz CT molecular complexity index is 1260. The molecule has 3 heterocycles. The van der Waals surface area contributed by atoms with Crippen LogP contribution in [0.2, 0.25) is 0 Å². The fraction of sp³-hybridized carbons (Fsp3) is 0.182. The Morgan fingerprint density at radius 1 is 1.21 bits per heavy atom. The molecule has 6 nitrogen and oxygen atoms in total. The number of pyridine rings is 1. The molecule has 0 amide bonds. The zero-order valence-corrected chi connectivity index (χ0v) is 16.8. The quantitative estimate of drug-likeness (QED) is 0.624. The van der Waals surface area contributed by atoms with Crippen LogP contribution in [0.3, 0.4) is 0 Å². The van der Waals surface area contributed by atoms with Crippen LogP contribution < -0.4 is 14.9 Å². The summed E-state index contributed by atoms with van der Waals surface area (Å²) in [5.74, 6) is -0.453. The minimum Gasteiger partial charge on any atom is -0.463 e. The van der Waals surface area contributed by atoms with Crippen LogP contribution in [-0.2, 0) is 9.53 Å². The van der Waals surface area contributed by atoms with Crippen molar-refractivity contribution < 1.29 is 9.53 Å². The molecule has 2 aromatic heterocycles. The molecule has 0 spiro atoms. The van der Waals surface area contributed by atoms with E-state index in [1.165, 1.54) is 11.3 Å². The molecule has 0 saturated heterocycles. The second-order valence-corrected chi connectivity index (χ2v) is 7.50. The maximum absolute atomic E-state index is 13.3. The zero-order valence-electron chi connectivity index (χ0n) is 16.0. The van der Waals surface area contributed by atoms with Gasteiger partial charge < -0.3 is 4.74 Å². The Morgan fingerprint density at radius 3 is 2.62 bits per heavy atom. The van der Waals surface area contributed by atoms with Crippen molar-refractivity contribution in [1.82, 2.24) is 9.55 Å². The molecule has 0 saturated carbocycles. The molecule has 1 aliphatic rings. The third-order valence-electron chi connectivity index (χ3n) is 4.64. The maximum atomic E-state index is 13.3. The first-order valence-corrected chi connectivity index (χ1v) is 10.1. The van der Waals surface area contributed by atoms with Crippen molar-refractivity contribution in [2.75, 3.05) is 6.61 Å². The summed E-state index contributed by atoms with van der Waals surface area (Å²) in [4.78, 5) is 35.2. The number of hydrogen-bond acceptors (Lipinski definition) is 6. The van der Waals surface area contributed by atoms with Gasteiger partial charge in [-0.2, -0.15) is 0 Å². The van der Waals surface area contributed by atoms with Gasteiger partial charge in [0.05, 0.1) is 28.5 Å². The zero-order chi connectivity index (χ0) is 20.4. The number of thiazole rings is 1. The van der Waals surface area contributed by atoms with E-state index >= 15 is 0 Å². The lowest BCUT2D eigenvalue weighted by Crippen LogP contribution is -2.39. The summed E-state index contributed by atoms with van der Waals surface area (Å²) in [6.07, 6.45) is 5.17. The van der Waals surface area contributed by atoms with Gasteiger partial charge in [0, 0.05) is 12.4 Å². The van der Waals surface area contributed by atoms with E-state index in [0.29, 0.717) is 20.6 Å². The molecular formula is C22H19N3O3S. The number of esters is 1. The molecule has 4 rings (SSSR count). The molecule has 1 unspecified atom stereocenters. The standard InChI is InChI=1S/C22H19N3O3S/c1-3-28-21(27)18-14(2)24-22-25(19(18)16-7-5-4-6-8-16)20(26)17(29-22)13-15-9-11-23-12-10-15/h4-13,19H,3H2,1-2H3/b17-13-. The first kappa shape index (κ1) is 19.0. The van der Waals surface area contributed by atoms with Crippen molar-refractivity contribution in [2.45, 2.75) is 19.9 Å². The molecule has 146 valence electrons. The molecule has 0 bridgehead atoms. The van der Waals surface area contributed by atoms with Crippen LogP contribution in [0.4, 0.5) is 0 Å². The van der Waals surface area contributed by atoms with Crippen LogP contribution in [0.5, 0.6) is 0 Å². The number of allylic oxidation sites excluding steroid dienone is 1. The lowest BCUT2D eigenvalue weighted by molar-refractivity contribution is -0.139. The van der Waals surface area contributed by atoms with Gasteiger partial charge in [-0.15, -0.1) is 0 Å². The van der Waals surface area contributed by atoms with Crippen LogP contribution >= 0.6 is 11.3 Å². The highest BCUT2D eigenvalue weighted by molar-refractivity contribution is 7.07. The highest BCUT2D eigenvalue weighted by atomic mass is 32.1. The number of carbonyl (C=O) groups excluding carboxylic acids is 1. The van der Waals surface area contributed by atoms with Crippen molar-refractivity contribution in [1.29, 1.82) is 0 Å². The highest BCUT2D eigenvalue weighted by Gasteiger charge is 2.33. The van der Waals surface area contributed by atoms with Crippen molar-refractivity contribution in [3.8, 4) is 0 Å². The third-order valence-corrected chi connectivity index (χ3v) is 5.62. The predicted molar refractivity (Wildman–Crippen MR) is 111 cm³/mol. The van der Waals surface area contributed by atoms with E-state index in [4.69, 9.17) is 4.74 Å². The molecule has 1 atom stereocenters. The van der Waals surface area contributed by atoms with E-state index in [9.17, 15) is 9.59 Å². The second kappa shape index (κ2) is 7.97. The van der Waals surface area contributed by atoms with Gasteiger partial charge in [-0.05, 0) is 43.2 Å². The van der Waals surface area contributed by atoms with E-state index in [-0.39, 0.29) is 12.2 Å². The van der Waals surface area contributed by atoms with Gasteiger partial charge >= 0.3 is 5.97 Å². The van der Waals surface area contributed by atoms with Crippen LogP contribution in [0.15, 0.2) is 75.9 Å². The van der Waals surface area contributed by atoms with Gasteiger partial charge in [0.25, 0.3) is 5.56 Å². The average molecular weight is 405 g/mol. The average Bonchev–Trinajstić information content (AvgIpc) is 3.03. The first-order valence-electron chi connectivity index (χ1n) is 9.24. The molecule has 7 heteroatoms. The molecule has 1 aromatic carbocycles. The van der Waals surface area contributed by atoms with Gasteiger partial charge in [-0.25, -0.2) is 9.79 Å². The number of ether oxygens (including phenoxy) is 1. The lowest BCUT2D eigenvalue weighted by Gasteiger charge is -2.24. The highest BCUT2D eigenvalue weighted by Crippen LogP contribution is 2.30. The van der Waals surface area contributed by atoms with Crippen LogP contribution in [-0.4, -0.2) is 22.1 Å². The first-order chi connectivity index (χ1) is 14.1. The Morgan fingerprint density at radius 2 is 1.93 bits per heavy atom. The van der Waals surface area contributed by atoms with Crippen molar-refractivity contribution in [3.05, 3.63) is 96.9 Å². The fourth-order valence-electron chi connectivity index (χ4n) is 3.35. The number of rotatable bonds is 4. The lowest BCUT2D eigenvalue weighted by atomic mass is 9.96. The number of benzene rings is 1. The van der Waals surface area contributed by atoms with E-state index in [1.54, 1.807) is 30.8 Å². The Labute approximate surface area is 171 Å². The number of hydrogen-bond donors (Lipinski definition) is 0. The number of fused-ring (bicyclic) bond motifs is 1. The SMILES string of the molecule is CCOC(=O)C1=C(C)N=c2s/c(=C\c3ccncc3)c(=O)n2C1c1ccccc1. The molecule has 3 aromatic rings.